The maximum atomic E-state index is 2.60. The fourth-order valence-corrected chi connectivity index (χ4v) is 12.6. The van der Waals surface area contributed by atoms with Gasteiger partial charge < -0.3 is 4.90 Å². The molecule has 4 aliphatic rings. The topological polar surface area (TPSA) is 3.24 Å². The second-order valence-corrected chi connectivity index (χ2v) is 22.1. The van der Waals surface area contributed by atoms with Gasteiger partial charge in [0.05, 0.1) is 11.1 Å². The zero-order valence-electron chi connectivity index (χ0n) is 39.0. The molecule has 314 valence electrons. The SMILES string of the molecule is CC(C)(C)c1cc2c(c(C(C)(C)C)c1)C1(c3ccccc3-2)c2ccccc2-c2c(N(c3ccc4c(c3)C(C)(C)c3ccccc3-4)c3ccc4c(c3)C(C)(C)c3ccccc3-4)cccc21. The summed E-state index contributed by atoms with van der Waals surface area (Å²) in [4.78, 5) is 2.60. The predicted octanol–water partition coefficient (Wildman–Crippen LogP) is 16.7. The predicted molar refractivity (Wildman–Crippen MR) is 270 cm³/mol. The summed E-state index contributed by atoms with van der Waals surface area (Å²) in [5.41, 5.74) is 27.3. The van der Waals surface area contributed by atoms with Gasteiger partial charge in [0.2, 0.25) is 0 Å². The first-order chi connectivity index (χ1) is 30.5. The number of hydrogen-bond acceptors (Lipinski definition) is 1. The molecule has 0 aromatic heterocycles. The molecular formula is C63H57N. The van der Waals surface area contributed by atoms with Crippen LogP contribution in [0.25, 0.3) is 44.5 Å². The van der Waals surface area contributed by atoms with Gasteiger partial charge in [-0.2, -0.15) is 0 Å². The van der Waals surface area contributed by atoms with E-state index in [9.17, 15) is 0 Å². The zero-order chi connectivity index (χ0) is 44.3. The van der Waals surface area contributed by atoms with Crippen LogP contribution in [-0.2, 0) is 27.1 Å². The fraction of sp³-hybridized carbons (Fsp3) is 0.238. The van der Waals surface area contributed by atoms with Crippen molar-refractivity contribution in [2.45, 2.75) is 96.3 Å². The lowest BCUT2D eigenvalue weighted by Gasteiger charge is -2.37. The normalized spacial score (nSPS) is 17.5. The molecule has 1 atom stereocenters. The van der Waals surface area contributed by atoms with Crippen LogP contribution in [0.15, 0.2) is 164 Å². The number of anilines is 3. The fourth-order valence-electron chi connectivity index (χ4n) is 12.6. The van der Waals surface area contributed by atoms with Crippen LogP contribution in [0.3, 0.4) is 0 Å². The van der Waals surface area contributed by atoms with Crippen LogP contribution in [0.5, 0.6) is 0 Å². The van der Waals surface area contributed by atoms with Gasteiger partial charge in [-0.25, -0.2) is 0 Å². The van der Waals surface area contributed by atoms with Crippen molar-refractivity contribution < 1.29 is 0 Å². The van der Waals surface area contributed by atoms with Gasteiger partial charge in [-0.3, -0.25) is 0 Å². The van der Waals surface area contributed by atoms with E-state index in [1.165, 1.54) is 117 Å². The summed E-state index contributed by atoms with van der Waals surface area (Å²) in [6, 6.07) is 63.5. The molecule has 8 aromatic carbocycles. The largest absolute Gasteiger partial charge is 0.310 e. The van der Waals surface area contributed by atoms with Crippen LogP contribution in [0, 0.1) is 0 Å². The highest BCUT2D eigenvalue weighted by Gasteiger charge is 2.54. The second kappa shape index (κ2) is 12.9. The summed E-state index contributed by atoms with van der Waals surface area (Å²) >= 11 is 0. The van der Waals surface area contributed by atoms with E-state index in [0.29, 0.717) is 0 Å². The summed E-state index contributed by atoms with van der Waals surface area (Å²) in [6.45, 7) is 23.9. The Morgan fingerprint density at radius 2 is 0.797 bits per heavy atom. The molecule has 0 saturated heterocycles. The van der Waals surface area contributed by atoms with E-state index >= 15 is 0 Å². The highest BCUT2D eigenvalue weighted by molar-refractivity contribution is 6.02. The molecule has 0 radical (unpaired) electrons. The minimum absolute atomic E-state index is 0.00349. The Balaban J connectivity index is 1.17. The average molecular weight is 828 g/mol. The first kappa shape index (κ1) is 39.2. The third-order valence-corrected chi connectivity index (χ3v) is 15.7. The first-order valence-electron chi connectivity index (χ1n) is 23.4. The van der Waals surface area contributed by atoms with Crippen molar-refractivity contribution >= 4 is 17.1 Å². The van der Waals surface area contributed by atoms with Crippen molar-refractivity contribution in [3.8, 4) is 44.5 Å². The maximum Gasteiger partial charge on any atom is 0.0729 e. The Morgan fingerprint density at radius 1 is 0.359 bits per heavy atom. The van der Waals surface area contributed by atoms with E-state index in [-0.39, 0.29) is 21.7 Å². The molecule has 0 aliphatic heterocycles. The van der Waals surface area contributed by atoms with Crippen molar-refractivity contribution in [1.82, 2.24) is 0 Å². The van der Waals surface area contributed by atoms with Crippen molar-refractivity contribution in [2.24, 2.45) is 0 Å². The number of fused-ring (bicyclic) bond motifs is 16. The van der Waals surface area contributed by atoms with E-state index in [1.54, 1.807) is 0 Å². The molecule has 0 bridgehead atoms. The van der Waals surface area contributed by atoms with Crippen LogP contribution in [0.1, 0.15) is 125 Å². The lowest BCUT2D eigenvalue weighted by molar-refractivity contribution is 0.558. The van der Waals surface area contributed by atoms with Gasteiger partial charge in [-0.1, -0.05) is 203 Å². The summed E-state index contributed by atoms with van der Waals surface area (Å²) in [6.07, 6.45) is 0. The first-order valence-corrected chi connectivity index (χ1v) is 23.4. The van der Waals surface area contributed by atoms with Crippen molar-refractivity contribution in [2.75, 3.05) is 4.90 Å². The monoisotopic (exact) mass is 827 g/mol. The van der Waals surface area contributed by atoms with E-state index in [1.807, 2.05) is 0 Å². The lowest BCUT2D eigenvalue weighted by Crippen LogP contribution is -2.30. The quantitative estimate of drug-likeness (QED) is 0.171. The number of benzene rings is 8. The molecule has 1 heteroatoms. The highest BCUT2D eigenvalue weighted by atomic mass is 15.1. The molecule has 8 aromatic rings. The Labute approximate surface area is 380 Å². The minimum Gasteiger partial charge on any atom is -0.310 e. The summed E-state index contributed by atoms with van der Waals surface area (Å²) in [7, 11) is 0. The van der Waals surface area contributed by atoms with E-state index < -0.39 is 5.41 Å². The van der Waals surface area contributed by atoms with E-state index in [2.05, 4.69) is 238 Å². The highest BCUT2D eigenvalue weighted by Crippen LogP contribution is 2.67. The van der Waals surface area contributed by atoms with Gasteiger partial charge in [0, 0.05) is 27.8 Å². The van der Waals surface area contributed by atoms with Gasteiger partial charge in [0.15, 0.2) is 0 Å². The van der Waals surface area contributed by atoms with Gasteiger partial charge in [0.25, 0.3) is 0 Å². The Kier molecular flexibility index (Phi) is 7.87. The zero-order valence-corrected chi connectivity index (χ0v) is 39.0. The van der Waals surface area contributed by atoms with E-state index in [4.69, 9.17) is 0 Å². The molecule has 0 heterocycles. The average Bonchev–Trinajstić information content (AvgIpc) is 3.91. The molecule has 1 unspecified atom stereocenters. The van der Waals surface area contributed by atoms with Crippen LogP contribution < -0.4 is 4.90 Å². The van der Waals surface area contributed by atoms with Crippen molar-refractivity contribution in [1.29, 1.82) is 0 Å². The van der Waals surface area contributed by atoms with E-state index in [0.717, 1.165) is 0 Å². The van der Waals surface area contributed by atoms with Crippen molar-refractivity contribution in [3.63, 3.8) is 0 Å². The molecule has 0 N–H and O–H groups in total. The van der Waals surface area contributed by atoms with Gasteiger partial charge >= 0.3 is 0 Å². The van der Waals surface area contributed by atoms with Crippen LogP contribution in [-0.4, -0.2) is 0 Å². The van der Waals surface area contributed by atoms with Crippen molar-refractivity contribution in [3.05, 3.63) is 219 Å². The molecular weight excluding hydrogens is 771 g/mol. The number of hydrogen-bond donors (Lipinski definition) is 0. The molecule has 64 heavy (non-hydrogen) atoms. The summed E-state index contributed by atoms with van der Waals surface area (Å²) in [5, 5.41) is 0. The minimum atomic E-state index is -0.498. The van der Waals surface area contributed by atoms with Crippen LogP contribution in [0.4, 0.5) is 17.1 Å². The van der Waals surface area contributed by atoms with Gasteiger partial charge in [-0.15, -0.1) is 0 Å². The van der Waals surface area contributed by atoms with Gasteiger partial charge in [-0.05, 0) is 136 Å². The molecule has 1 spiro atoms. The van der Waals surface area contributed by atoms with Crippen LogP contribution >= 0.6 is 0 Å². The Hall–Kier alpha value is -6.44. The van der Waals surface area contributed by atoms with Crippen LogP contribution in [0.2, 0.25) is 0 Å². The molecule has 0 amide bonds. The maximum absolute atomic E-state index is 2.60. The standard InChI is InChI=1S/C63H57N/c1-59(2,3)38-34-47-43-22-13-17-26-50(43)63(58(47)55(35-38)60(4,5)6)51-27-18-14-23-46(51)57-52(63)28-19-29-56(57)64(39-30-32-44-41-20-11-15-24-48(41)61(7,8)53(44)36-39)40-31-33-45-42-21-12-16-25-49(42)62(9,10)54(45)37-40/h11-37H,1-10H3. The Morgan fingerprint density at radius 3 is 1.31 bits per heavy atom. The molecule has 4 aliphatic carbocycles. The second-order valence-electron chi connectivity index (χ2n) is 22.1. The molecule has 0 saturated carbocycles. The summed E-state index contributed by atoms with van der Waals surface area (Å²) < 4.78 is 0. The number of rotatable bonds is 3. The third-order valence-electron chi connectivity index (χ3n) is 15.7. The molecule has 0 fully saturated rings. The lowest BCUT2D eigenvalue weighted by atomic mass is 9.65. The Bertz CT molecular complexity index is 3200. The van der Waals surface area contributed by atoms with Gasteiger partial charge in [0.1, 0.15) is 0 Å². The number of nitrogens with zero attached hydrogens (tertiary/aromatic N) is 1. The molecule has 1 nitrogen and oxygen atoms in total. The molecule has 12 rings (SSSR count). The third kappa shape index (κ3) is 5.02. The summed E-state index contributed by atoms with van der Waals surface area (Å²) in [5.74, 6) is 0. The smallest absolute Gasteiger partial charge is 0.0729 e.